The monoisotopic (exact) mass is 333 g/mol. The molecular formula is C16H19N3O5. The molecule has 3 N–H and O–H groups in total. The van der Waals surface area contributed by atoms with Gasteiger partial charge >= 0.3 is 18.0 Å². The van der Waals surface area contributed by atoms with Gasteiger partial charge < -0.3 is 25.4 Å². The van der Waals surface area contributed by atoms with E-state index in [1.165, 1.54) is 14.2 Å². The van der Waals surface area contributed by atoms with E-state index in [9.17, 15) is 14.4 Å². The van der Waals surface area contributed by atoms with E-state index in [-0.39, 0.29) is 11.7 Å². The Hall–Kier alpha value is -3.03. The number of methoxy groups -OCH3 is 2. The zero-order chi connectivity index (χ0) is 17.9. The molecule has 2 rings (SSSR count). The second kappa shape index (κ2) is 6.61. The van der Waals surface area contributed by atoms with Gasteiger partial charge in [0, 0.05) is 16.9 Å². The second-order valence-electron chi connectivity index (χ2n) is 5.66. The van der Waals surface area contributed by atoms with Crippen molar-refractivity contribution in [3.8, 4) is 0 Å². The van der Waals surface area contributed by atoms with Gasteiger partial charge in [-0.3, -0.25) is 0 Å². The first-order valence-corrected chi connectivity index (χ1v) is 7.15. The number of ether oxygens (including phenoxy) is 2. The Morgan fingerprint density at radius 1 is 1.21 bits per heavy atom. The fourth-order valence-electron chi connectivity index (χ4n) is 2.34. The summed E-state index contributed by atoms with van der Waals surface area (Å²) in [5, 5.41) is 8.36. The standard InChI is InChI=1S/C16H19N3O5/c1-16(2)10-7-9(5-6-11(10)18-15(22)19-16)17-12(14(21)24-4)8-13(20)23-3/h5-8,17H,1-4H3,(H2,18,19,22)/b12-8+. The molecule has 0 saturated heterocycles. The number of hydrogen-bond acceptors (Lipinski definition) is 6. The zero-order valence-electron chi connectivity index (χ0n) is 13.9. The molecule has 24 heavy (non-hydrogen) atoms. The number of rotatable bonds is 4. The fraction of sp³-hybridized carbons (Fsp3) is 0.312. The molecule has 1 aliphatic rings. The van der Waals surface area contributed by atoms with E-state index < -0.39 is 17.5 Å². The van der Waals surface area contributed by atoms with E-state index in [4.69, 9.17) is 0 Å². The quantitative estimate of drug-likeness (QED) is 0.572. The van der Waals surface area contributed by atoms with Gasteiger partial charge in [-0.15, -0.1) is 0 Å². The first-order chi connectivity index (χ1) is 11.3. The number of urea groups is 1. The zero-order valence-corrected chi connectivity index (χ0v) is 13.9. The molecule has 0 unspecified atom stereocenters. The molecule has 0 aliphatic carbocycles. The van der Waals surface area contributed by atoms with Crippen molar-refractivity contribution in [2.45, 2.75) is 19.4 Å². The predicted molar refractivity (Wildman–Crippen MR) is 87.4 cm³/mol. The number of benzene rings is 1. The Morgan fingerprint density at radius 3 is 2.54 bits per heavy atom. The van der Waals surface area contributed by atoms with Crippen LogP contribution >= 0.6 is 0 Å². The molecule has 1 heterocycles. The highest BCUT2D eigenvalue weighted by Gasteiger charge is 2.31. The van der Waals surface area contributed by atoms with Crippen molar-refractivity contribution in [3.63, 3.8) is 0 Å². The maximum atomic E-state index is 11.8. The van der Waals surface area contributed by atoms with Crippen LogP contribution in [0.25, 0.3) is 0 Å². The van der Waals surface area contributed by atoms with Crippen molar-refractivity contribution in [1.82, 2.24) is 5.32 Å². The Morgan fingerprint density at radius 2 is 1.92 bits per heavy atom. The summed E-state index contributed by atoms with van der Waals surface area (Å²) in [5.41, 5.74) is 1.41. The average Bonchev–Trinajstić information content (AvgIpc) is 2.53. The number of esters is 2. The van der Waals surface area contributed by atoms with E-state index in [2.05, 4.69) is 25.4 Å². The molecule has 2 amide bonds. The van der Waals surface area contributed by atoms with Gasteiger partial charge in [0.2, 0.25) is 0 Å². The van der Waals surface area contributed by atoms with Crippen LogP contribution in [0.1, 0.15) is 19.4 Å². The minimum atomic E-state index is -0.705. The van der Waals surface area contributed by atoms with Crippen LogP contribution in [-0.4, -0.2) is 32.2 Å². The third-order valence-electron chi connectivity index (χ3n) is 3.51. The molecule has 0 bridgehead atoms. The molecule has 0 saturated carbocycles. The Balaban J connectivity index is 2.36. The van der Waals surface area contributed by atoms with Gasteiger partial charge in [0.1, 0.15) is 5.70 Å². The lowest BCUT2D eigenvalue weighted by Crippen LogP contribution is -2.47. The SMILES string of the molecule is COC(=O)/C=C(/Nc1ccc2c(c1)C(C)(C)NC(=O)N2)C(=O)OC. The molecule has 0 fully saturated rings. The molecule has 0 spiro atoms. The number of carbonyl (C=O) groups excluding carboxylic acids is 3. The van der Waals surface area contributed by atoms with Gasteiger partial charge in [0.15, 0.2) is 0 Å². The molecule has 1 aromatic rings. The van der Waals surface area contributed by atoms with Crippen LogP contribution in [0.3, 0.4) is 0 Å². The smallest absolute Gasteiger partial charge is 0.354 e. The summed E-state index contributed by atoms with van der Waals surface area (Å²) in [4.78, 5) is 34.8. The molecule has 128 valence electrons. The lowest BCUT2D eigenvalue weighted by molar-refractivity contribution is -0.138. The van der Waals surface area contributed by atoms with Crippen LogP contribution in [0.4, 0.5) is 16.2 Å². The topological polar surface area (TPSA) is 106 Å². The fourth-order valence-corrected chi connectivity index (χ4v) is 2.34. The van der Waals surface area contributed by atoms with Crippen LogP contribution in [0, 0.1) is 0 Å². The Labute approximate surface area is 139 Å². The number of amides is 2. The van der Waals surface area contributed by atoms with Gasteiger partial charge in [0.05, 0.1) is 25.8 Å². The molecule has 0 radical (unpaired) electrons. The molecule has 0 aromatic heterocycles. The van der Waals surface area contributed by atoms with E-state index in [1.54, 1.807) is 18.2 Å². The summed E-state index contributed by atoms with van der Waals surface area (Å²) < 4.78 is 9.18. The van der Waals surface area contributed by atoms with Crippen LogP contribution in [0.15, 0.2) is 30.0 Å². The predicted octanol–water partition coefficient (Wildman–Crippen LogP) is 1.70. The van der Waals surface area contributed by atoms with Crippen LogP contribution in [0.2, 0.25) is 0 Å². The van der Waals surface area contributed by atoms with Crippen molar-refractivity contribution in [2.24, 2.45) is 0 Å². The number of carbonyl (C=O) groups is 3. The lowest BCUT2D eigenvalue weighted by atomic mass is 9.90. The number of fused-ring (bicyclic) bond motifs is 1. The van der Waals surface area contributed by atoms with E-state index in [0.29, 0.717) is 11.4 Å². The van der Waals surface area contributed by atoms with Gasteiger partial charge in [-0.2, -0.15) is 0 Å². The maximum Gasteiger partial charge on any atom is 0.354 e. The molecular weight excluding hydrogens is 314 g/mol. The van der Waals surface area contributed by atoms with Crippen LogP contribution in [0.5, 0.6) is 0 Å². The van der Waals surface area contributed by atoms with Crippen LogP contribution in [-0.2, 0) is 24.6 Å². The van der Waals surface area contributed by atoms with E-state index in [0.717, 1.165) is 11.6 Å². The first-order valence-electron chi connectivity index (χ1n) is 7.15. The summed E-state index contributed by atoms with van der Waals surface area (Å²) in [6, 6.07) is 4.88. The van der Waals surface area contributed by atoms with Crippen LogP contribution < -0.4 is 16.0 Å². The molecule has 8 nitrogen and oxygen atoms in total. The normalized spacial score (nSPS) is 15.5. The third kappa shape index (κ3) is 3.65. The van der Waals surface area contributed by atoms with Crippen molar-refractivity contribution in [1.29, 1.82) is 0 Å². The highest BCUT2D eigenvalue weighted by Crippen LogP contribution is 2.33. The Bertz CT molecular complexity index is 724. The summed E-state index contributed by atoms with van der Waals surface area (Å²) in [7, 11) is 2.42. The molecule has 0 atom stereocenters. The summed E-state index contributed by atoms with van der Waals surface area (Å²) in [6.07, 6.45) is 1.01. The highest BCUT2D eigenvalue weighted by atomic mass is 16.5. The summed E-state index contributed by atoms with van der Waals surface area (Å²) in [6.45, 7) is 3.72. The van der Waals surface area contributed by atoms with Crippen molar-refractivity contribution >= 4 is 29.3 Å². The average molecular weight is 333 g/mol. The van der Waals surface area contributed by atoms with E-state index in [1.807, 2.05) is 13.8 Å². The minimum absolute atomic E-state index is 0.0603. The van der Waals surface area contributed by atoms with Crippen molar-refractivity contribution < 1.29 is 23.9 Å². The maximum absolute atomic E-state index is 11.8. The van der Waals surface area contributed by atoms with E-state index >= 15 is 0 Å². The minimum Gasteiger partial charge on any atom is -0.466 e. The number of anilines is 2. The summed E-state index contributed by atoms with van der Waals surface area (Å²) in [5.74, 6) is -1.39. The summed E-state index contributed by atoms with van der Waals surface area (Å²) >= 11 is 0. The van der Waals surface area contributed by atoms with Gasteiger partial charge in [-0.05, 0) is 32.0 Å². The second-order valence-corrected chi connectivity index (χ2v) is 5.66. The number of hydrogen-bond donors (Lipinski definition) is 3. The highest BCUT2D eigenvalue weighted by molar-refractivity contribution is 5.99. The third-order valence-corrected chi connectivity index (χ3v) is 3.51. The largest absolute Gasteiger partial charge is 0.466 e. The molecule has 1 aliphatic heterocycles. The Kier molecular flexibility index (Phi) is 4.77. The van der Waals surface area contributed by atoms with Crippen molar-refractivity contribution in [3.05, 3.63) is 35.5 Å². The molecule has 8 heteroatoms. The van der Waals surface area contributed by atoms with Gasteiger partial charge in [-0.25, -0.2) is 14.4 Å². The molecule has 1 aromatic carbocycles. The lowest BCUT2D eigenvalue weighted by Gasteiger charge is -2.34. The van der Waals surface area contributed by atoms with Gasteiger partial charge in [0.25, 0.3) is 0 Å². The number of nitrogens with one attached hydrogen (secondary N) is 3. The van der Waals surface area contributed by atoms with Gasteiger partial charge in [-0.1, -0.05) is 0 Å². The van der Waals surface area contributed by atoms with Crippen molar-refractivity contribution in [2.75, 3.05) is 24.9 Å². The first kappa shape index (κ1) is 17.3.